The van der Waals surface area contributed by atoms with Gasteiger partial charge in [0.15, 0.2) is 0 Å². The van der Waals surface area contributed by atoms with Gasteiger partial charge in [-0.1, -0.05) is 0 Å². The first-order valence-electron chi connectivity index (χ1n) is 5.19. The number of amides is 1. The maximum atomic E-state index is 13.1. The summed E-state index contributed by atoms with van der Waals surface area (Å²) in [6.07, 6.45) is 0.646. The molecule has 0 spiro atoms. The lowest BCUT2D eigenvalue weighted by Gasteiger charge is -2.25. The molecular formula is C12H14BrClFNO. The van der Waals surface area contributed by atoms with Gasteiger partial charge in [-0.3, -0.25) is 4.79 Å². The van der Waals surface area contributed by atoms with Crippen molar-refractivity contribution in [1.29, 1.82) is 0 Å². The molecule has 0 unspecified atom stereocenters. The van der Waals surface area contributed by atoms with Crippen LogP contribution < -0.4 is 5.32 Å². The molecule has 0 heterocycles. The lowest BCUT2D eigenvalue weighted by atomic mass is 10.0. The summed E-state index contributed by atoms with van der Waals surface area (Å²) in [6.45, 7) is 3.75. The lowest BCUT2D eigenvalue weighted by Crippen LogP contribution is -2.43. The van der Waals surface area contributed by atoms with Crippen LogP contribution in [0.4, 0.5) is 4.39 Å². The third kappa shape index (κ3) is 4.28. The van der Waals surface area contributed by atoms with Gasteiger partial charge in [0.2, 0.25) is 0 Å². The largest absolute Gasteiger partial charge is 0.347 e. The van der Waals surface area contributed by atoms with Gasteiger partial charge in [-0.25, -0.2) is 4.39 Å². The van der Waals surface area contributed by atoms with Crippen LogP contribution in [0.15, 0.2) is 22.7 Å². The zero-order chi connectivity index (χ0) is 13.1. The lowest BCUT2D eigenvalue weighted by molar-refractivity contribution is 0.0910. The summed E-state index contributed by atoms with van der Waals surface area (Å²) >= 11 is 8.88. The molecule has 0 saturated carbocycles. The van der Waals surface area contributed by atoms with Crippen molar-refractivity contribution in [2.75, 3.05) is 5.88 Å². The molecule has 1 amide bonds. The van der Waals surface area contributed by atoms with Crippen LogP contribution in [0.2, 0.25) is 0 Å². The molecule has 17 heavy (non-hydrogen) atoms. The van der Waals surface area contributed by atoms with Crippen LogP contribution in [0.25, 0.3) is 0 Å². The van der Waals surface area contributed by atoms with Crippen LogP contribution in [0, 0.1) is 5.82 Å². The molecule has 2 nitrogen and oxygen atoms in total. The molecule has 0 aliphatic rings. The third-order valence-corrected chi connectivity index (χ3v) is 3.22. The Labute approximate surface area is 114 Å². The van der Waals surface area contributed by atoms with Crippen molar-refractivity contribution < 1.29 is 9.18 Å². The molecule has 0 aromatic heterocycles. The van der Waals surface area contributed by atoms with Gasteiger partial charge in [-0.05, 0) is 54.4 Å². The third-order valence-electron chi connectivity index (χ3n) is 2.34. The number of carbonyl (C=O) groups is 1. The SMILES string of the molecule is CC(C)(CCCl)NC(=O)c1cc(F)ccc1Br. The van der Waals surface area contributed by atoms with Crippen LogP contribution in [-0.4, -0.2) is 17.3 Å². The standard InChI is InChI=1S/C12H14BrClFNO/c1-12(2,5-6-14)16-11(17)9-7-8(15)3-4-10(9)13/h3-4,7H,5-6H2,1-2H3,(H,16,17). The second-order valence-electron chi connectivity index (χ2n) is 4.40. The van der Waals surface area contributed by atoms with Crippen LogP contribution in [0.3, 0.4) is 0 Å². The zero-order valence-electron chi connectivity index (χ0n) is 9.69. The Hall–Kier alpha value is -0.610. The van der Waals surface area contributed by atoms with E-state index in [0.29, 0.717) is 16.8 Å². The van der Waals surface area contributed by atoms with Gasteiger partial charge in [-0.15, -0.1) is 11.6 Å². The van der Waals surface area contributed by atoms with Gasteiger partial charge in [0.1, 0.15) is 5.82 Å². The molecule has 0 radical (unpaired) electrons. The van der Waals surface area contributed by atoms with Crippen molar-refractivity contribution in [3.8, 4) is 0 Å². The van der Waals surface area contributed by atoms with E-state index in [-0.39, 0.29) is 11.5 Å². The number of alkyl halides is 1. The van der Waals surface area contributed by atoms with Gasteiger partial charge in [0.25, 0.3) is 5.91 Å². The minimum atomic E-state index is -0.437. The fraction of sp³-hybridized carbons (Fsp3) is 0.417. The topological polar surface area (TPSA) is 29.1 Å². The summed E-state index contributed by atoms with van der Waals surface area (Å²) in [4.78, 5) is 12.0. The first-order valence-corrected chi connectivity index (χ1v) is 6.52. The number of nitrogens with one attached hydrogen (secondary N) is 1. The van der Waals surface area contributed by atoms with Gasteiger partial charge in [0, 0.05) is 15.9 Å². The molecule has 5 heteroatoms. The first-order chi connectivity index (χ1) is 7.85. The van der Waals surface area contributed by atoms with E-state index < -0.39 is 11.4 Å². The minimum absolute atomic E-state index is 0.285. The maximum absolute atomic E-state index is 13.1. The smallest absolute Gasteiger partial charge is 0.252 e. The van der Waals surface area contributed by atoms with Crippen LogP contribution >= 0.6 is 27.5 Å². The average Bonchev–Trinajstić information content (AvgIpc) is 2.20. The van der Waals surface area contributed by atoms with E-state index in [1.165, 1.54) is 18.2 Å². The van der Waals surface area contributed by atoms with E-state index in [1.54, 1.807) is 0 Å². The molecule has 0 aliphatic heterocycles. The predicted octanol–water partition coefficient (Wildman–Crippen LogP) is 3.73. The number of halogens is 3. The van der Waals surface area contributed by atoms with Gasteiger partial charge >= 0.3 is 0 Å². The van der Waals surface area contributed by atoms with Crippen molar-refractivity contribution >= 4 is 33.4 Å². The maximum Gasteiger partial charge on any atom is 0.252 e. The molecule has 0 aliphatic carbocycles. The van der Waals surface area contributed by atoms with Gasteiger partial charge < -0.3 is 5.32 Å². The Morgan fingerprint density at radius 3 is 2.76 bits per heavy atom. The highest BCUT2D eigenvalue weighted by molar-refractivity contribution is 9.10. The summed E-state index contributed by atoms with van der Waals surface area (Å²) in [5.74, 6) is -0.294. The van der Waals surface area contributed by atoms with Crippen molar-refractivity contribution in [2.45, 2.75) is 25.8 Å². The number of hydrogen-bond donors (Lipinski definition) is 1. The Bertz CT molecular complexity index is 423. The number of rotatable bonds is 4. The molecule has 1 aromatic carbocycles. The Morgan fingerprint density at radius 2 is 2.18 bits per heavy atom. The fourth-order valence-corrected chi connectivity index (χ4v) is 2.24. The molecule has 1 aromatic rings. The number of hydrogen-bond acceptors (Lipinski definition) is 1. The summed E-state index contributed by atoms with van der Waals surface area (Å²) in [5.41, 5.74) is -0.127. The van der Waals surface area contributed by atoms with E-state index in [4.69, 9.17) is 11.6 Å². The fourth-order valence-electron chi connectivity index (χ4n) is 1.34. The van der Waals surface area contributed by atoms with Gasteiger partial charge in [-0.2, -0.15) is 0 Å². The van der Waals surface area contributed by atoms with E-state index in [9.17, 15) is 9.18 Å². The van der Waals surface area contributed by atoms with Crippen molar-refractivity contribution in [3.05, 3.63) is 34.1 Å². The molecule has 94 valence electrons. The normalized spacial score (nSPS) is 11.4. The summed E-state index contributed by atoms with van der Waals surface area (Å²) in [7, 11) is 0. The number of benzene rings is 1. The molecule has 0 bridgehead atoms. The first kappa shape index (κ1) is 14.5. The van der Waals surface area contributed by atoms with E-state index in [2.05, 4.69) is 21.2 Å². The summed E-state index contributed by atoms with van der Waals surface area (Å²) in [5, 5.41) is 2.82. The second kappa shape index (κ2) is 5.83. The van der Waals surface area contributed by atoms with E-state index in [0.717, 1.165) is 0 Å². The van der Waals surface area contributed by atoms with Crippen LogP contribution in [0.5, 0.6) is 0 Å². The van der Waals surface area contributed by atoms with Crippen molar-refractivity contribution in [1.82, 2.24) is 5.32 Å². The van der Waals surface area contributed by atoms with Crippen LogP contribution in [-0.2, 0) is 0 Å². The van der Waals surface area contributed by atoms with Crippen molar-refractivity contribution in [3.63, 3.8) is 0 Å². The average molecular weight is 323 g/mol. The number of carbonyl (C=O) groups excluding carboxylic acids is 1. The molecule has 0 atom stereocenters. The monoisotopic (exact) mass is 321 g/mol. The highest BCUT2D eigenvalue weighted by atomic mass is 79.9. The summed E-state index contributed by atoms with van der Waals surface area (Å²) < 4.78 is 13.6. The molecule has 0 saturated heterocycles. The summed E-state index contributed by atoms with van der Waals surface area (Å²) in [6, 6.07) is 4.01. The molecular weight excluding hydrogens is 308 g/mol. The van der Waals surface area contributed by atoms with E-state index in [1.807, 2.05) is 13.8 Å². The van der Waals surface area contributed by atoms with Crippen LogP contribution in [0.1, 0.15) is 30.6 Å². The highest BCUT2D eigenvalue weighted by Gasteiger charge is 2.21. The second-order valence-corrected chi connectivity index (χ2v) is 5.63. The minimum Gasteiger partial charge on any atom is -0.347 e. The predicted molar refractivity (Wildman–Crippen MR) is 71.0 cm³/mol. The van der Waals surface area contributed by atoms with Crippen molar-refractivity contribution in [2.24, 2.45) is 0 Å². The van der Waals surface area contributed by atoms with Gasteiger partial charge in [0.05, 0.1) is 5.56 Å². The Kier molecular flexibility index (Phi) is 4.95. The Balaban J connectivity index is 2.86. The molecule has 1 rings (SSSR count). The quantitative estimate of drug-likeness (QED) is 0.841. The highest BCUT2D eigenvalue weighted by Crippen LogP contribution is 2.19. The Morgan fingerprint density at radius 1 is 1.53 bits per heavy atom. The zero-order valence-corrected chi connectivity index (χ0v) is 12.0. The molecule has 0 fully saturated rings. The van der Waals surface area contributed by atoms with E-state index >= 15 is 0 Å². The molecule has 1 N–H and O–H groups in total.